The van der Waals surface area contributed by atoms with Crippen LogP contribution in [0.4, 0.5) is 4.39 Å². The Kier molecular flexibility index (Phi) is 2.29. The van der Waals surface area contributed by atoms with Crippen molar-refractivity contribution in [1.82, 2.24) is 5.32 Å². The molecule has 2 rings (SSSR count). The van der Waals surface area contributed by atoms with Crippen molar-refractivity contribution in [1.29, 1.82) is 0 Å². The molecule has 1 N–H and O–H groups in total. The molecule has 1 aromatic carbocycles. The van der Waals surface area contributed by atoms with Gasteiger partial charge in [-0.3, -0.25) is 0 Å². The Balaban J connectivity index is 2.64. The average Bonchev–Trinajstić information content (AvgIpc) is 2.51. The van der Waals surface area contributed by atoms with Gasteiger partial charge in [0.25, 0.3) is 0 Å². The number of thiophene rings is 1. The fourth-order valence-corrected chi connectivity index (χ4v) is 2.40. The number of fused-ring (bicyclic) bond motifs is 1. The number of hydrogen-bond donors (Lipinski definition) is 1. The zero-order chi connectivity index (χ0) is 9.26. The molecule has 0 atom stereocenters. The van der Waals surface area contributed by atoms with Crippen LogP contribution in [0.2, 0.25) is 0 Å². The number of hydrogen-bond acceptors (Lipinski definition) is 2. The minimum Gasteiger partial charge on any atom is -0.316 e. The largest absolute Gasteiger partial charge is 0.316 e. The van der Waals surface area contributed by atoms with Crippen molar-refractivity contribution in [3.63, 3.8) is 0 Å². The molecular weight excluding hydrogens is 185 g/mol. The van der Waals surface area contributed by atoms with Crippen molar-refractivity contribution in [2.45, 2.75) is 6.54 Å². The third-order valence-corrected chi connectivity index (χ3v) is 2.99. The molecule has 68 valence electrons. The van der Waals surface area contributed by atoms with E-state index in [1.807, 2.05) is 18.5 Å². The van der Waals surface area contributed by atoms with Gasteiger partial charge in [-0.1, -0.05) is 6.07 Å². The predicted octanol–water partition coefficient (Wildman–Crippen LogP) is 2.76. The lowest BCUT2D eigenvalue weighted by atomic mass is 10.1. The highest BCUT2D eigenvalue weighted by molar-refractivity contribution is 7.17. The molecule has 0 unspecified atom stereocenters. The Labute approximate surface area is 80.2 Å². The van der Waals surface area contributed by atoms with Gasteiger partial charge in [0.15, 0.2) is 0 Å². The van der Waals surface area contributed by atoms with Crippen LogP contribution in [0.1, 0.15) is 5.56 Å². The third-order valence-electron chi connectivity index (χ3n) is 1.99. The van der Waals surface area contributed by atoms with Gasteiger partial charge in [0.2, 0.25) is 0 Å². The van der Waals surface area contributed by atoms with E-state index in [4.69, 9.17) is 0 Å². The van der Waals surface area contributed by atoms with Gasteiger partial charge < -0.3 is 5.32 Å². The van der Waals surface area contributed by atoms with Crippen molar-refractivity contribution in [2.24, 2.45) is 0 Å². The summed E-state index contributed by atoms with van der Waals surface area (Å²) in [5.74, 6) is -0.121. The van der Waals surface area contributed by atoms with Crippen molar-refractivity contribution < 1.29 is 4.39 Å². The summed E-state index contributed by atoms with van der Waals surface area (Å²) in [4.78, 5) is 0. The summed E-state index contributed by atoms with van der Waals surface area (Å²) in [5.41, 5.74) is 1.04. The second-order valence-electron chi connectivity index (χ2n) is 2.90. The highest BCUT2D eigenvalue weighted by atomic mass is 32.1. The molecule has 0 aliphatic carbocycles. The maximum absolute atomic E-state index is 13.4. The molecule has 13 heavy (non-hydrogen) atoms. The van der Waals surface area contributed by atoms with Gasteiger partial charge in [0.1, 0.15) is 5.82 Å². The SMILES string of the molecule is CNCc1csc2cccc(F)c12. The van der Waals surface area contributed by atoms with Crippen LogP contribution in [0.3, 0.4) is 0 Å². The highest BCUT2D eigenvalue weighted by Crippen LogP contribution is 2.27. The Morgan fingerprint density at radius 1 is 1.46 bits per heavy atom. The zero-order valence-electron chi connectivity index (χ0n) is 7.30. The molecule has 1 aromatic heterocycles. The smallest absolute Gasteiger partial charge is 0.132 e. The molecule has 0 spiro atoms. The molecule has 2 aromatic rings. The van der Waals surface area contributed by atoms with Crippen molar-refractivity contribution in [2.75, 3.05) is 7.05 Å². The summed E-state index contributed by atoms with van der Waals surface area (Å²) < 4.78 is 14.4. The van der Waals surface area contributed by atoms with E-state index in [0.29, 0.717) is 0 Å². The molecule has 0 saturated carbocycles. The monoisotopic (exact) mass is 195 g/mol. The molecule has 1 heterocycles. The molecule has 0 radical (unpaired) electrons. The number of halogens is 1. The molecule has 0 aliphatic rings. The van der Waals surface area contributed by atoms with E-state index < -0.39 is 0 Å². The van der Waals surface area contributed by atoms with Crippen LogP contribution >= 0.6 is 11.3 Å². The van der Waals surface area contributed by atoms with Crippen LogP contribution in [0.15, 0.2) is 23.6 Å². The van der Waals surface area contributed by atoms with Crippen LogP contribution in [0.5, 0.6) is 0 Å². The van der Waals surface area contributed by atoms with Crippen LogP contribution in [-0.4, -0.2) is 7.05 Å². The maximum Gasteiger partial charge on any atom is 0.132 e. The first-order valence-corrected chi connectivity index (χ1v) is 5.00. The zero-order valence-corrected chi connectivity index (χ0v) is 8.12. The molecule has 0 saturated heterocycles. The quantitative estimate of drug-likeness (QED) is 0.777. The molecule has 0 aliphatic heterocycles. The Morgan fingerprint density at radius 2 is 2.31 bits per heavy atom. The van der Waals surface area contributed by atoms with Gasteiger partial charge in [-0.2, -0.15) is 0 Å². The van der Waals surface area contributed by atoms with Crippen LogP contribution < -0.4 is 5.32 Å². The number of nitrogens with one attached hydrogen (secondary N) is 1. The van der Waals surface area contributed by atoms with E-state index >= 15 is 0 Å². The van der Waals surface area contributed by atoms with Crippen LogP contribution in [0.25, 0.3) is 10.1 Å². The standard InChI is InChI=1S/C10H10FNS/c1-12-5-7-6-13-9-4-2-3-8(11)10(7)9/h2-4,6,12H,5H2,1H3. The fourth-order valence-electron chi connectivity index (χ4n) is 1.43. The summed E-state index contributed by atoms with van der Waals surface area (Å²) in [6.07, 6.45) is 0. The first-order valence-electron chi connectivity index (χ1n) is 4.12. The van der Waals surface area contributed by atoms with E-state index in [1.165, 1.54) is 6.07 Å². The van der Waals surface area contributed by atoms with Crippen LogP contribution in [-0.2, 0) is 6.54 Å². The highest BCUT2D eigenvalue weighted by Gasteiger charge is 2.06. The summed E-state index contributed by atoms with van der Waals surface area (Å²) in [6.45, 7) is 0.723. The fraction of sp³-hybridized carbons (Fsp3) is 0.200. The maximum atomic E-state index is 13.4. The van der Waals surface area contributed by atoms with Crippen molar-refractivity contribution in [3.8, 4) is 0 Å². The summed E-state index contributed by atoms with van der Waals surface area (Å²) in [5, 5.41) is 5.80. The number of rotatable bonds is 2. The van der Waals surface area contributed by atoms with Crippen molar-refractivity contribution >= 4 is 21.4 Å². The van der Waals surface area contributed by atoms with E-state index in [1.54, 1.807) is 17.4 Å². The van der Waals surface area contributed by atoms with Gasteiger partial charge in [-0.05, 0) is 30.1 Å². The molecule has 0 amide bonds. The Hall–Kier alpha value is -0.930. The second kappa shape index (κ2) is 3.44. The van der Waals surface area contributed by atoms with Gasteiger partial charge in [-0.25, -0.2) is 4.39 Å². The van der Waals surface area contributed by atoms with E-state index in [0.717, 1.165) is 22.2 Å². The van der Waals surface area contributed by atoms with Gasteiger partial charge in [0, 0.05) is 16.6 Å². The molecule has 3 heteroatoms. The predicted molar refractivity (Wildman–Crippen MR) is 54.5 cm³/mol. The summed E-state index contributed by atoms with van der Waals surface area (Å²) in [7, 11) is 1.87. The van der Waals surface area contributed by atoms with Gasteiger partial charge >= 0.3 is 0 Å². The first-order chi connectivity index (χ1) is 6.33. The number of benzene rings is 1. The minimum absolute atomic E-state index is 0.121. The Bertz CT molecular complexity index is 422. The third kappa shape index (κ3) is 1.45. The normalized spacial score (nSPS) is 10.9. The second-order valence-corrected chi connectivity index (χ2v) is 3.82. The molecule has 0 bridgehead atoms. The summed E-state index contributed by atoms with van der Waals surface area (Å²) >= 11 is 1.59. The van der Waals surface area contributed by atoms with E-state index in [2.05, 4.69) is 5.32 Å². The lowest BCUT2D eigenvalue weighted by Gasteiger charge is -1.98. The summed E-state index contributed by atoms with van der Waals surface area (Å²) in [6, 6.07) is 5.20. The van der Waals surface area contributed by atoms with Crippen LogP contribution in [0, 0.1) is 5.82 Å². The Morgan fingerprint density at radius 3 is 3.08 bits per heavy atom. The van der Waals surface area contributed by atoms with Gasteiger partial charge in [-0.15, -0.1) is 11.3 Å². The molecule has 0 fully saturated rings. The minimum atomic E-state index is -0.121. The first kappa shape index (κ1) is 8.66. The average molecular weight is 195 g/mol. The van der Waals surface area contributed by atoms with E-state index in [9.17, 15) is 4.39 Å². The molecular formula is C10H10FNS. The topological polar surface area (TPSA) is 12.0 Å². The lowest BCUT2D eigenvalue weighted by molar-refractivity contribution is 0.638. The van der Waals surface area contributed by atoms with Crippen molar-refractivity contribution in [3.05, 3.63) is 35.0 Å². The lowest BCUT2D eigenvalue weighted by Crippen LogP contribution is -2.04. The van der Waals surface area contributed by atoms with E-state index in [-0.39, 0.29) is 5.82 Å². The molecule has 1 nitrogen and oxygen atoms in total. The van der Waals surface area contributed by atoms with Gasteiger partial charge in [0.05, 0.1) is 0 Å².